The average Bonchev–Trinajstić information content (AvgIpc) is 3.55. The maximum Gasteiger partial charge on any atom is 0.319 e. The zero-order valence-electron chi connectivity index (χ0n) is 22.2. The van der Waals surface area contributed by atoms with Gasteiger partial charge in [0.1, 0.15) is 33.4 Å². The predicted octanol–water partition coefficient (Wildman–Crippen LogP) is 4.57. The van der Waals surface area contributed by atoms with Gasteiger partial charge in [-0.15, -0.1) is 0 Å². The van der Waals surface area contributed by atoms with Gasteiger partial charge in [0.05, 0.1) is 29.0 Å². The van der Waals surface area contributed by atoms with Crippen LogP contribution in [0.15, 0.2) is 42.8 Å². The molecule has 0 radical (unpaired) electrons. The summed E-state index contributed by atoms with van der Waals surface area (Å²) in [6, 6.07) is 2.98. The highest BCUT2D eigenvalue weighted by Crippen LogP contribution is 2.41. The lowest BCUT2D eigenvalue weighted by molar-refractivity contribution is -0.126. The number of anilines is 1. The zero-order chi connectivity index (χ0) is 28.8. The van der Waals surface area contributed by atoms with Crippen LogP contribution in [0.4, 0.5) is 10.2 Å². The number of hydrogen-bond acceptors (Lipinski definition) is 9. The van der Waals surface area contributed by atoms with Crippen molar-refractivity contribution in [1.29, 1.82) is 0 Å². The number of halogens is 3. The van der Waals surface area contributed by atoms with E-state index in [0.717, 1.165) is 5.57 Å². The maximum absolute atomic E-state index is 14.7. The first-order valence-electron chi connectivity index (χ1n) is 12.8. The third-order valence-corrected chi connectivity index (χ3v) is 7.62. The van der Waals surface area contributed by atoms with E-state index in [0.29, 0.717) is 60.3 Å². The molecular weight excluding hydrogens is 574 g/mol. The fraction of sp³-hybridized carbons (Fsp3) is 0.296. The number of carbonyl (C=O) groups is 1. The van der Waals surface area contributed by atoms with E-state index in [-0.39, 0.29) is 39.8 Å². The highest BCUT2D eigenvalue weighted by molar-refractivity contribution is 6.33. The summed E-state index contributed by atoms with van der Waals surface area (Å²) in [5.74, 6) is -0.274. The predicted molar refractivity (Wildman–Crippen MR) is 153 cm³/mol. The second-order valence-electron chi connectivity index (χ2n) is 9.85. The van der Waals surface area contributed by atoms with Gasteiger partial charge in [0.2, 0.25) is 11.8 Å². The van der Waals surface area contributed by atoms with Crippen LogP contribution in [-0.2, 0) is 4.79 Å². The third kappa shape index (κ3) is 5.08. The smallest absolute Gasteiger partial charge is 0.319 e. The summed E-state index contributed by atoms with van der Waals surface area (Å²) in [6.45, 7) is 8.13. The van der Waals surface area contributed by atoms with Crippen LogP contribution in [-0.4, -0.2) is 86.7 Å². The molecule has 1 saturated heterocycles. The van der Waals surface area contributed by atoms with Crippen LogP contribution in [0.25, 0.3) is 21.8 Å². The summed E-state index contributed by atoms with van der Waals surface area (Å²) >= 11 is 12.8. The number of aromatic amines is 1. The van der Waals surface area contributed by atoms with Gasteiger partial charge in [0, 0.05) is 45.5 Å². The average molecular weight is 599 g/mol. The molecule has 6 rings (SSSR count). The van der Waals surface area contributed by atoms with Crippen LogP contribution in [0.3, 0.4) is 0 Å². The molecule has 1 fully saturated rings. The van der Waals surface area contributed by atoms with E-state index in [4.69, 9.17) is 37.7 Å². The van der Waals surface area contributed by atoms with Gasteiger partial charge in [-0.05, 0) is 24.6 Å². The Kier molecular flexibility index (Phi) is 7.04. The number of H-pyrrole nitrogens is 1. The maximum atomic E-state index is 14.7. The number of benzene rings is 1. The van der Waals surface area contributed by atoms with Crippen molar-refractivity contribution >= 4 is 56.7 Å². The Bertz CT molecular complexity index is 1720. The molecule has 1 N–H and O–H groups in total. The van der Waals surface area contributed by atoms with Gasteiger partial charge >= 0.3 is 6.01 Å². The van der Waals surface area contributed by atoms with Gasteiger partial charge in [0.15, 0.2) is 5.75 Å². The molecule has 3 aromatic heterocycles. The van der Waals surface area contributed by atoms with Crippen LogP contribution >= 0.6 is 23.2 Å². The topological polar surface area (TPSA) is 113 Å². The molecule has 5 heterocycles. The van der Waals surface area contributed by atoms with Crippen molar-refractivity contribution in [3.63, 3.8) is 0 Å². The Balaban J connectivity index is 1.47. The van der Waals surface area contributed by atoms with Crippen molar-refractivity contribution in [2.45, 2.75) is 13.0 Å². The molecule has 41 heavy (non-hydrogen) atoms. The number of likely N-dealkylation sites (N-methyl/N-ethyl adjacent to an activating group) is 1. The van der Waals surface area contributed by atoms with E-state index in [2.05, 4.69) is 26.7 Å². The molecule has 0 aliphatic carbocycles. The minimum Gasteiger partial charge on any atom is -0.454 e. The summed E-state index contributed by atoms with van der Waals surface area (Å²) in [7, 11) is 1.96. The number of carbonyl (C=O) groups excluding carboxylic acids is 1. The van der Waals surface area contributed by atoms with E-state index >= 15 is 0 Å². The Labute approximate surface area is 244 Å². The lowest BCUT2D eigenvalue weighted by Gasteiger charge is -2.35. The lowest BCUT2D eigenvalue weighted by Crippen LogP contribution is -2.48. The molecule has 0 saturated carbocycles. The molecule has 0 bridgehead atoms. The van der Waals surface area contributed by atoms with E-state index in [1.54, 1.807) is 11.0 Å². The van der Waals surface area contributed by atoms with Gasteiger partial charge in [-0.2, -0.15) is 20.1 Å². The Morgan fingerprint density at radius 2 is 1.95 bits per heavy atom. The first-order valence-corrected chi connectivity index (χ1v) is 13.6. The SMILES string of the molecule is C=CC(=O)N1CCN(c2nc(OC3CN(C)C=C3C)nc3c(Oc4c(Cl)c(F)cc5[nH]ncc45)nc(Cl)cc23)CC1. The molecule has 14 heteroatoms. The van der Waals surface area contributed by atoms with Gasteiger partial charge in [-0.1, -0.05) is 29.8 Å². The van der Waals surface area contributed by atoms with E-state index in [1.807, 2.05) is 30.0 Å². The highest BCUT2D eigenvalue weighted by Gasteiger charge is 2.28. The first-order chi connectivity index (χ1) is 19.7. The summed E-state index contributed by atoms with van der Waals surface area (Å²) < 4.78 is 27.1. The van der Waals surface area contributed by atoms with Crippen LogP contribution in [0.1, 0.15) is 6.92 Å². The molecule has 1 aromatic carbocycles. The summed E-state index contributed by atoms with van der Waals surface area (Å²) in [5.41, 5.74) is 1.71. The molecular formula is C27H25Cl2FN8O3. The molecule has 2 aliphatic rings. The second kappa shape index (κ2) is 10.7. The number of ether oxygens (including phenoxy) is 2. The Morgan fingerprint density at radius 3 is 2.66 bits per heavy atom. The highest BCUT2D eigenvalue weighted by atomic mass is 35.5. The third-order valence-electron chi connectivity index (χ3n) is 7.07. The quantitative estimate of drug-likeness (QED) is 0.252. The van der Waals surface area contributed by atoms with Crippen LogP contribution in [0.2, 0.25) is 10.2 Å². The number of rotatable bonds is 6. The minimum absolute atomic E-state index is 0.00715. The summed E-state index contributed by atoms with van der Waals surface area (Å²) in [6.07, 6.45) is 4.52. The van der Waals surface area contributed by atoms with Crippen LogP contribution in [0.5, 0.6) is 17.6 Å². The number of aromatic nitrogens is 5. The molecule has 4 aromatic rings. The Hall–Kier alpha value is -4.16. The van der Waals surface area contributed by atoms with E-state index in [1.165, 1.54) is 18.3 Å². The molecule has 1 unspecified atom stereocenters. The molecule has 212 valence electrons. The largest absolute Gasteiger partial charge is 0.454 e. The van der Waals surface area contributed by atoms with Gasteiger partial charge in [-0.3, -0.25) is 9.89 Å². The number of nitrogens with one attached hydrogen (secondary N) is 1. The fourth-order valence-corrected chi connectivity index (χ4v) is 5.40. The van der Waals surface area contributed by atoms with Crippen LogP contribution in [0, 0.1) is 5.82 Å². The van der Waals surface area contributed by atoms with E-state index in [9.17, 15) is 9.18 Å². The van der Waals surface area contributed by atoms with Crippen molar-refractivity contribution in [3.05, 3.63) is 58.8 Å². The van der Waals surface area contributed by atoms with Crippen molar-refractivity contribution < 1.29 is 18.7 Å². The Morgan fingerprint density at radius 1 is 1.17 bits per heavy atom. The lowest BCUT2D eigenvalue weighted by atomic mass is 10.2. The van der Waals surface area contributed by atoms with Gasteiger partial charge < -0.3 is 24.2 Å². The molecule has 1 amide bonds. The number of fused-ring (bicyclic) bond motifs is 2. The van der Waals surface area contributed by atoms with Gasteiger partial charge in [-0.25, -0.2) is 4.39 Å². The monoisotopic (exact) mass is 598 g/mol. The number of pyridine rings is 1. The first kappa shape index (κ1) is 27.0. The van der Waals surface area contributed by atoms with Crippen molar-refractivity contribution in [1.82, 2.24) is 34.9 Å². The van der Waals surface area contributed by atoms with Gasteiger partial charge in [0.25, 0.3) is 0 Å². The molecule has 2 aliphatic heterocycles. The van der Waals surface area contributed by atoms with Crippen molar-refractivity contribution in [2.75, 3.05) is 44.7 Å². The number of piperazine rings is 1. The van der Waals surface area contributed by atoms with Crippen molar-refractivity contribution in [3.8, 4) is 17.6 Å². The minimum atomic E-state index is -0.691. The number of amides is 1. The number of hydrogen-bond donors (Lipinski definition) is 1. The van der Waals surface area contributed by atoms with E-state index < -0.39 is 5.82 Å². The second-order valence-corrected chi connectivity index (χ2v) is 10.6. The molecule has 0 spiro atoms. The normalized spacial score (nSPS) is 17.3. The molecule has 11 nitrogen and oxygen atoms in total. The fourth-order valence-electron chi connectivity index (χ4n) is 5.01. The summed E-state index contributed by atoms with van der Waals surface area (Å²) in [4.78, 5) is 31.8. The standard InChI is InChI=1S/C27H25Cl2FN8O3/c1-4-21(39)37-5-7-38(8-6-37)25-15-9-20(28)32-26(41-24-16-11-31-35-18(16)10-17(30)22(24)29)23(15)33-27(34-25)40-19-13-36(3)12-14(19)2/h4,9-12,19H,1,5-8,13H2,2-3H3,(H,31,35). The zero-order valence-corrected chi connectivity index (χ0v) is 23.7. The number of nitrogens with zero attached hydrogens (tertiary/aromatic N) is 7. The summed E-state index contributed by atoms with van der Waals surface area (Å²) in [5, 5.41) is 7.56. The van der Waals surface area contributed by atoms with Crippen molar-refractivity contribution in [2.24, 2.45) is 0 Å². The molecule has 1 atom stereocenters. The van der Waals surface area contributed by atoms with Crippen LogP contribution < -0.4 is 14.4 Å².